The first kappa shape index (κ1) is 19.2. The molecule has 1 aliphatic rings. The molecular weight excluding hydrogens is 412 g/mol. The largest absolute Gasteiger partial charge is 0.316 e. The Kier molecular flexibility index (Phi) is 5.27. The molecule has 1 amide bonds. The molecule has 9 heteroatoms. The van der Waals surface area contributed by atoms with E-state index < -0.39 is 0 Å². The van der Waals surface area contributed by atoms with E-state index >= 15 is 0 Å². The zero-order valence-electron chi connectivity index (χ0n) is 15.5. The average Bonchev–Trinajstić information content (AvgIpc) is 3.16. The van der Waals surface area contributed by atoms with Crippen molar-refractivity contribution in [2.75, 3.05) is 11.1 Å². The minimum absolute atomic E-state index is 0.116. The third-order valence-electron chi connectivity index (χ3n) is 4.89. The number of amides is 1. The lowest BCUT2D eigenvalue weighted by atomic mass is 9.96. The summed E-state index contributed by atoms with van der Waals surface area (Å²) in [7, 11) is 0. The maximum absolute atomic E-state index is 12.4. The number of hydrogen-bond acceptors (Lipinski definition) is 7. The lowest BCUT2D eigenvalue weighted by Gasteiger charge is -2.09. The molecule has 1 aliphatic carbocycles. The first-order chi connectivity index (χ1) is 13.5. The van der Waals surface area contributed by atoms with Gasteiger partial charge in [0.2, 0.25) is 5.91 Å². The molecule has 28 heavy (non-hydrogen) atoms. The number of aromatic amines is 1. The Bertz CT molecular complexity index is 1180. The number of hydrogen-bond donors (Lipinski definition) is 2. The van der Waals surface area contributed by atoms with Crippen molar-refractivity contribution in [3.8, 4) is 6.07 Å². The Hall–Kier alpha value is -2.15. The zero-order valence-corrected chi connectivity index (χ0v) is 17.9. The summed E-state index contributed by atoms with van der Waals surface area (Å²) < 4.78 is 0. The van der Waals surface area contributed by atoms with E-state index in [0.717, 1.165) is 41.7 Å². The van der Waals surface area contributed by atoms with Gasteiger partial charge < -0.3 is 10.3 Å². The number of carbonyl (C=O) groups excluding carboxylic acids is 1. The molecule has 0 saturated carbocycles. The van der Waals surface area contributed by atoms with Gasteiger partial charge in [-0.3, -0.25) is 9.59 Å². The lowest BCUT2D eigenvalue weighted by Crippen LogP contribution is -2.15. The van der Waals surface area contributed by atoms with Crippen LogP contribution in [-0.2, 0) is 17.6 Å². The molecular formula is C19H18N4O2S3. The van der Waals surface area contributed by atoms with Crippen LogP contribution in [0.2, 0.25) is 0 Å². The number of H-pyrrole nitrogens is 1. The molecule has 0 radical (unpaired) electrons. The van der Waals surface area contributed by atoms with E-state index in [-0.39, 0.29) is 17.2 Å². The molecule has 3 aromatic rings. The van der Waals surface area contributed by atoms with Gasteiger partial charge in [0.15, 0.2) is 5.16 Å². The summed E-state index contributed by atoms with van der Waals surface area (Å²) in [5, 5.41) is 14.1. The highest BCUT2D eigenvalue weighted by atomic mass is 32.2. The Morgan fingerprint density at radius 3 is 2.89 bits per heavy atom. The van der Waals surface area contributed by atoms with E-state index in [0.29, 0.717) is 25.9 Å². The molecule has 3 aromatic heterocycles. The fourth-order valence-corrected chi connectivity index (χ4v) is 6.38. The smallest absolute Gasteiger partial charge is 0.260 e. The van der Waals surface area contributed by atoms with Crippen LogP contribution in [0.4, 0.5) is 5.00 Å². The summed E-state index contributed by atoms with van der Waals surface area (Å²) in [6.45, 7) is 3.88. The van der Waals surface area contributed by atoms with Crippen LogP contribution in [0.25, 0.3) is 10.2 Å². The molecule has 0 spiro atoms. The third-order valence-corrected chi connectivity index (χ3v) is 8.08. The highest BCUT2D eigenvalue weighted by Crippen LogP contribution is 2.37. The second kappa shape index (κ2) is 7.70. The number of thioether (sulfide) groups is 1. The van der Waals surface area contributed by atoms with Crippen LogP contribution in [0.1, 0.15) is 39.3 Å². The minimum atomic E-state index is -0.207. The Labute approximate surface area is 174 Å². The minimum Gasteiger partial charge on any atom is -0.316 e. The molecule has 0 aliphatic heterocycles. The summed E-state index contributed by atoms with van der Waals surface area (Å²) in [5.41, 5.74) is 2.48. The van der Waals surface area contributed by atoms with Gasteiger partial charge in [0.25, 0.3) is 5.56 Å². The number of rotatable bonds is 4. The lowest BCUT2D eigenvalue weighted by molar-refractivity contribution is -0.113. The second-order valence-corrected chi connectivity index (χ2v) is 9.97. The van der Waals surface area contributed by atoms with Crippen molar-refractivity contribution in [1.29, 1.82) is 5.26 Å². The second-order valence-electron chi connectivity index (χ2n) is 6.70. The molecule has 0 aromatic carbocycles. The molecule has 4 rings (SSSR count). The molecule has 3 heterocycles. The van der Waals surface area contributed by atoms with E-state index in [1.165, 1.54) is 39.3 Å². The van der Waals surface area contributed by atoms with Crippen molar-refractivity contribution in [3.05, 3.63) is 36.8 Å². The van der Waals surface area contributed by atoms with E-state index in [4.69, 9.17) is 0 Å². The number of anilines is 1. The van der Waals surface area contributed by atoms with E-state index in [1.54, 1.807) is 0 Å². The highest BCUT2D eigenvalue weighted by Gasteiger charge is 2.22. The molecule has 2 N–H and O–H groups in total. The van der Waals surface area contributed by atoms with Gasteiger partial charge in [-0.05, 0) is 50.7 Å². The standard InChI is InChI=1S/C19H18N4O2S3/c1-9-10(2)27-18-15(9)16(25)22-19(23-18)26-8-14(24)21-17-12(7-20)11-5-3-4-6-13(11)28-17/h3-6,8H2,1-2H3,(H,21,24)(H,22,23,25). The van der Waals surface area contributed by atoms with Gasteiger partial charge in [0.05, 0.1) is 16.7 Å². The predicted molar refractivity (Wildman–Crippen MR) is 115 cm³/mol. The van der Waals surface area contributed by atoms with Gasteiger partial charge in [0.1, 0.15) is 15.9 Å². The average molecular weight is 431 g/mol. The number of carbonyl (C=O) groups is 1. The molecule has 0 fully saturated rings. The van der Waals surface area contributed by atoms with Crippen LogP contribution in [0.3, 0.4) is 0 Å². The number of fused-ring (bicyclic) bond motifs is 2. The summed E-state index contributed by atoms with van der Waals surface area (Å²) in [4.78, 5) is 35.0. The van der Waals surface area contributed by atoms with E-state index in [2.05, 4.69) is 21.4 Å². The fraction of sp³-hybridized carbons (Fsp3) is 0.368. The number of nitriles is 1. The number of aromatic nitrogens is 2. The Morgan fingerprint density at radius 2 is 2.11 bits per heavy atom. The van der Waals surface area contributed by atoms with Gasteiger partial charge in [-0.1, -0.05) is 11.8 Å². The molecule has 0 saturated heterocycles. The van der Waals surface area contributed by atoms with Gasteiger partial charge >= 0.3 is 0 Å². The van der Waals surface area contributed by atoms with Gasteiger partial charge in [-0.15, -0.1) is 22.7 Å². The number of nitrogens with zero attached hydrogens (tertiary/aromatic N) is 2. The van der Waals surface area contributed by atoms with Gasteiger partial charge in [-0.25, -0.2) is 4.98 Å². The molecule has 0 bridgehead atoms. The van der Waals surface area contributed by atoms with Crippen LogP contribution < -0.4 is 10.9 Å². The fourth-order valence-electron chi connectivity index (χ4n) is 3.37. The van der Waals surface area contributed by atoms with Crippen molar-refractivity contribution in [2.24, 2.45) is 0 Å². The summed E-state index contributed by atoms with van der Waals surface area (Å²) in [6, 6.07) is 2.25. The summed E-state index contributed by atoms with van der Waals surface area (Å²) >= 11 is 4.18. The van der Waals surface area contributed by atoms with Crippen LogP contribution in [0.15, 0.2) is 9.95 Å². The number of aryl methyl sites for hydroxylation is 3. The van der Waals surface area contributed by atoms with Crippen molar-refractivity contribution >= 4 is 55.6 Å². The topological polar surface area (TPSA) is 98.6 Å². The molecule has 6 nitrogen and oxygen atoms in total. The normalized spacial score (nSPS) is 13.3. The number of nitrogens with one attached hydrogen (secondary N) is 2. The Morgan fingerprint density at radius 1 is 1.32 bits per heavy atom. The predicted octanol–water partition coefficient (Wildman–Crippen LogP) is 4.14. The Balaban J connectivity index is 1.48. The SMILES string of the molecule is Cc1sc2nc(SCC(=O)Nc3sc4c(c3C#N)CCCC4)[nH]c(=O)c2c1C. The first-order valence-corrected chi connectivity index (χ1v) is 11.6. The van der Waals surface area contributed by atoms with Gasteiger partial charge in [0, 0.05) is 9.75 Å². The molecule has 0 atom stereocenters. The number of thiophene rings is 2. The molecule has 0 unspecified atom stereocenters. The monoisotopic (exact) mass is 430 g/mol. The van der Waals surface area contributed by atoms with E-state index in [9.17, 15) is 14.9 Å². The first-order valence-electron chi connectivity index (χ1n) is 8.95. The highest BCUT2D eigenvalue weighted by molar-refractivity contribution is 7.99. The maximum Gasteiger partial charge on any atom is 0.260 e. The van der Waals surface area contributed by atoms with Crippen LogP contribution >= 0.6 is 34.4 Å². The van der Waals surface area contributed by atoms with Crippen LogP contribution in [-0.4, -0.2) is 21.6 Å². The summed E-state index contributed by atoms with van der Waals surface area (Å²) in [6.07, 6.45) is 4.10. The van der Waals surface area contributed by atoms with Crippen molar-refractivity contribution < 1.29 is 4.79 Å². The van der Waals surface area contributed by atoms with Crippen LogP contribution in [0, 0.1) is 25.2 Å². The maximum atomic E-state index is 12.4. The third kappa shape index (κ3) is 3.48. The summed E-state index contributed by atoms with van der Waals surface area (Å²) in [5.74, 6) is -0.0908. The zero-order chi connectivity index (χ0) is 19.8. The van der Waals surface area contributed by atoms with Crippen molar-refractivity contribution in [1.82, 2.24) is 9.97 Å². The van der Waals surface area contributed by atoms with Crippen molar-refractivity contribution in [2.45, 2.75) is 44.7 Å². The quantitative estimate of drug-likeness (QED) is 0.479. The van der Waals surface area contributed by atoms with Crippen molar-refractivity contribution in [3.63, 3.8) is 0 Å². The van der Waals surface area contributed by atoms with Crippen LogP contribution in [0.5, 0.6) is 0 Å². The van der Waals surface area contributed by atoms with Gasteiger partial charge in [-0.2, -0.15) is 5.26 Å². The molecule has 144 valence electrons. The van der Waals surface area contributed by atoms with E-state index in [1.807, 2.05) is 13.8 Å².